The van der Waals surface area contributed by atoms with Gasteiger partial charge in [0.2, 0.25) is 5.91 Å². The molecule has 1 aliphatic carbocycles. The van der Waals surface area contributed by atoms with E-state index in [0.717, 1.165) is 12.8 Å². The first-order chi connectivity index (χ1) is 16.1. The van der Waals surface area contributed by atoms with Crippen LogP contribution in [-0.2, 0) is 19.1 Å². The Morgan fingerprint density at radius 1 is 0.848 bits per heavy atom. The number of fused-ring (bicyclic) bond motifs is 3. The summed E-state index contributed by atoms with van der Waals surface area (Å²) < 4.78 is 10.3. The summed E-state index contributed by atoms with van der Waals surface area (Å²) in [7, 11) is 0. The summed E-state index contributed by atoms with van der Waals surface area (Å²) in [5.74, 6) is -1.09. The van der Waals surface area contributed by atoms with Gasteiger partial charge in [0.1, 0.15) is 13.2 Å². The van der Waals surface area contributed by atoms with Crippen molar-refractivity contribution >= 4 is 18.0 Å². The smallest absolute Gasteiger partial charge is 0.407 e. The third-order valence-electron chi connectivity index (χ3n) is 5.49. The maximum Gasteiger partial charge on any atom is 0.407 e. The highest BCUT2D eigenvalue weighted by Crippen LogP contribution is 2.44. The lowest BCUT2D eigenvalue weighted by atomic mass is 9.98. The molecule has 8 nitrogen and oxygen atoms in total. The molecule has 3 N–H and O–H groups in total. The average molecular weight is 455 g/mol. The molecule has 0 saturated carbocycles. The predicted octanol–water partition coefficient (Wildman–Crippen LogP) is 3.30. The zero-order valence-electron chi connectivity index (χ0n) is 18.5. The van der Waals surface area contributed by atoms with E-state index in [-0.39, 0.29) is 38.2 Å². The molecule has 2 amide bonds. The van der Waals surface area contributed by atoms with E-state index in [1.165, 1.54) is 22.3 Å². The molecule has 0 saturated heterocycles. The summed E-state index contributed by atoms with van der Waals surface area (Å²) in [6, 6.07) is 16.4. The second-order valence-electron chi connectivity index (χ2n) is 7.86. The summed E-state index contributed by atoms with van der Waals surface area (Å²) in [6.45, 7) is 0.863. The van der Waals surface area contributed by atoms with Crippen molar-refractivity contribution in [3.05, 3.63) is 59.7 Å². The van der Waals surface area contributed by atoms with Gasteiger partial charge in [0.15, 0.2) is 0 Å². The Kier molecular flexibility index (Phi) is 9.26. The van der Waals surface area contributed by atoms with Gasteiger partial charge in [-0.15, -0.1) is 0 Å². The maximum absolute atomic E-state index is 12.1. The molecule has 0 spiro atoms. The molecule has 0 radical (unpaired) electrons. The highest BCUT2D eigenvalue weighted by molar-refractivity contribution is 5.79. The van der Waals surface area contributed by atoms with Crippen LogP contribution < -0.4 is 10.6 Å². The number of hydrogen-bond donors (Lipinski definition) is 3. The van der Waals surface area contributed by atoms with E-state index in [9.17, 15) is 14.4 Å². The number of rotatable bonds is 13. The normalized spacial score (nSPS) is 12.0. The lowest BCUT2D eigenvalue weighted by Crippen LogP contribution is -2.28. The van der Waals surface area contributed by atoms with Gasteiger partial charge in [-0.25, -0.2) is 9.59 Å². The number of amides is 2. The maximum atomic E-state index is 12.1. The Morgan fingerprint density at radius 2 is 1.52 bits per heavy atom. The minimum atomic E-state index is -1.03. The van der Waals surface area contributed by atoms with E-state index < -0.39 is 12.1 Å². The Labute approximate surface area is 193 Å². The summed E-state index contributed by atoms with van der Waals surface area (Å²) in [5, 5.41) is 13.9. The number of hydrogen-bond acceptors (Lipinski definition) is 5. The third kappa shape index (κ3) is 7.32. The van der Waals surface area contributed by atoms with Crippen molar-refractivity contribution in [2.24, 2.45) is 0 Å². The number of nitrogens with one attached hydrogen (secondary N) is 2. The summed E-state index contributed by atoms with van der Waals surface area (Å²) in [6.07, 6.45) is 2.19. The lowest BCUT2D eigenvalue weighted by Gasteiger charge is -2.14. The van der Waals surface area contributed by atoms with Crippen LogP contribution in [0, 0.1) is 0 Å². The summed E-state index contributed by atoms with van der Waals surface area (Å²) in [4.78, 5) is 34.1. The Balaban J connectivity index is 1.27. The zero-order chi connectivity index (χ0) is 23.5. The van der Waals surface area contributed by atoms with Crippen LogP contribution >= 0.6 is 0 Å². The van der Waals surface area contributed by atoms with E-state index in [0.29, 0.717) is 19.4 Å². The first-order valence-electron chi connectivity index (χ1n) is 11.2. The molecule has 0 aliphatic heterocycles. The van der Waals surface area contributed by atoms with Crippen molar-refractivity contribution in [1.29, 1.82) is 0 Å². The van der Waals surface area contributed by atoms with Crippen LogP contribution in [0.25, 0.3) is 11.1 Å². The minimum absolute atomic E-state index is 0.0381. The van der Waals surface area contributed by atoms with Gasteiger partial charge in [0, 0.05) is 25.4 Å². The summed E-state index contributed by atoms with van der Waals surface area (Å²) in [5.41, 5.74) is 4.74. The van der Waals surface area contributed by atoms with Crippen LogP contribution in [0.5, 0.6) is 0 Å². The number of carboxylic acids is 1. The first kappa shape index (κ1) is 24.3. The second kappa shape index (κ2) is 12.6. The van der Waals surface area contributed by atoms with Gasteiger partial charge in [-0.2, -0.15) is 0 Å². The van der Waals surface area contributed by atoms with Crippen molar-refractivity contribution in [3.8, 4) is 11.1 Å². The van der Waals surface area contributed by atoms with Crippen LogP contribution in [0.2, 0.25) is 0 Å². The number of alkyl carbamates (subject to hydrolysis) is 1. The predicted molar refractivity (Wildman–Crippen MR) is 123 cm³/mol. The Hall–Kier alpha value is -3.39. The number of benzene rings is 2. The van der Waals surface area contributed by atoms with Gasteiger partial charge >= 0.3 is 12.1 Å². The molecule has 0 heterocycles. The van der Waals surface area contributed by atoms with Gasteiger partial charge in [-0.05, 0) is 35.1 Å². The van der Waals surface area contributed by atoms with Crippen LogP contribution in [0.4, 0.5) is 4.79 Å². The minimum Gasteiger partial charge on any atom is -0.480 e. The second-order valence-corrected chi connectivity index (χ2v) is 7.86. The molecule has 1 aliphatic rings. The van der Waals surface area contributed by atoms with E-state index in [2.05, 4.69) is 34.9 Å². The monoisotopic (exact) mass is 454 g/mol. The molecule has 8 heteroatoms. The van der Waals surface area contributed by atoms with Gasteiger partial charge in [-0.3, -0.25) is 4.79 Å². The van der Waals surface area contributed by atoms with Crippen LogP contribution in [-0.4, -0.2) is 56.0 Å². The molecular weight excluding hydrogens is 424 g/mol. The molecule has 2 aromatic carbocycles. The fraction of sp³-hybridized carbons (Fsp3) is 0.400. The average Bonchev–Trinajstić information content (AvgIpc) is 3.13. The number of unbranched alkanes of at least 4 members (excludes halogenated alkanes) is 2. The molecule has 176 valence electrons. The SMILES string of the molecule is O=C(O)COCCNC(=O)CCCCCNC(=O)OCC1c2ccccc2-c2ccccc21. The van der Waals surface area contributed by atoms with Crippen LogP contribution in [0.15, 0.2) is 48.5 Å². The summed E-state index contributed by atoms with van der Waals surface area (Å²) >= 11 is 0. The molecule has 0 unspecified atom stereocenters. The molecule has 0 fully saturated rings. The van der Waals surface area contributed by atoms with Crippen molar-refractivity contribution in [3.63, 3.8) is 0 Å². The highest BCUT2D eigenvalue weighted by Gasteiger charge is 2.28. The fourth-order valence-electron chi connectivity index (χ4n) is 3.94. The van der Waals surface area contributed by atoms with Gasteiger partial charge in [0.05, 0.1) is 6.61 Å². The number of carbonyl (C=O) groups excluding carboxylic acids is 2. The standard InChI is InChI=1S/C25H30N2O6/c28-23(26-14-15-32-17-24(29)30)12-2-1-7-13-27-25(31)33-16-22-20-10-5-3-8-18(20)19-9-4-6-11-21(19)22/h3-6,8-11,22H,1-2,7,12-17H2,(H,26,28)(H,27,31)(H,29,30). The number of carbonyl (C=O) groups is 3. The molecule has 3 rings (SSSR count). The molecule has 2 aromatic rings. The van der Waals surface area contributed by atoms with E-state index in [1.807, 2.05) is 24.3 Å². The molecule has 0 atom stereocenters. The quantitative estimate of drug-likeness (QED) is 0.400. The molecule has 33 heavy (non-hydrogen) atoms. The van der Waals surface area contributed by atoms with Crippen LogP contribution in [0.3, 0.4) is 0 Å². The lowest BCUT2D eigenvalue weighted by molar-refractivity contribution is -0.142. The Morgan fingerprint density at radius 3 is 2.18 bits per heavy atom. The van der Waals surface area contributed by atoms with Crippen molar-refractivity contribution in [2.45, 2.75) is 31.6 Å². The van der Waals surface area contributed by atoms with Gasteiger partial charge in [-0.1, -0.05) is 55.0 Å². The van der Waals surface area contributed by atoms with Gasteiger partial charge in [0.25, 0.3) is 0 Å². The highest BCUT2D eigenvalue weighted by atomic mass is 16.5. The fourth-order valence-corrected chi connectivity index (χ4v) is 3.94. The van der Waals surface area contributed by atoms with Gasteiger partial charge < -0.3 is 25.2 Å². The molecule has 0 aromatic heterocycles. The van der Waals surface area contributed by atoms with E-state index in [1.54, 1.807) is 0 Å². The topological polar surface area (TPSA) is 114 Å². The first-order valence-corrected chi connectivity index (χ1v) is 11.2. The number of carboxylic acid groups (broad SMARTS) is 1. The van der Waals surface area contributed by atoms with Crippen molar-refractivity contribution < 1.29 is 29.0 Å². The molecule has 0 bridgehead atoms. The van der Waals surface area contributed by atoms with Crippen LogP contribution in [0.1, 0.15) is 42.7 Å². The van der Waals surface area contributed by atoms with E-state index >= 15 is 0 Å². The molecular formula is C25H30N2O6. The van der Waals surface area contributed by atoms with Crippen molar-refractivity contribution in [2.75, 3.05) is 32.9 Å². The van der Waals surface area contributed by atoms with Crippen molar-refractivity contribution in [1.82, 2.24) is 10.6 Å². The zero-order valence-corrected chi connectivity index (χ0v) is 18.5. The number of ether oxygens (including phenoxy) is 2. The van der Waals surface area contributed by atoms with E-state index in [4.69, 9.17) is 14.6 Å². The Bertz CT molecular complexity index is 916. The largest absolute Gasteiger partial charge is 0.480 e. The third-order valence-corrected chi connectivity index (χ3v) is 5.49. The number of aliphatic carboxylic acids is 1.